The summed E-state index contributed by atoms with van der Waals surface area (Å²) in [6, 6.07) is 0.449. The molecule has 0 aromatic rings. The van der Waals surface area contributed by atoms with Crippen molar-refractivity contribution in [3.8, 4) is 0 Å². The van der Waals surface area contributed by atoms with Gasteiger partial charge in [0.2, 0.25) is 5.91 Å². The molecule has 1 saturated heterocycles. The summed E-state index contributed by atoms with van der Waals surface area (Å²) in [5.41, 5.74) is -0.342. The van der Waals surface area contributed by atoms with Crippen LogP contribution in [0.4, 0.5) is 0 Å². The average Bonchev–Trinajstić information content (AvgIpc) is 2.93. The second-order valence-corrected chi connectivity index (χ2v) is 4.47. The average molecular weight is 199 g/mol. The molecule has 0 radical (unpaired) electrons. The first kappa shape index (κ1) is 9.93. The van der Waals surface area contributed by atoms with Gasteiger partial charge in [0.05, 0.1) is 5.60 Å². The van der Waals surface area contributed by atoms with Gasteiger partial charge in [0.1, 0.15) is 6.61 Å². The van der Waals surface area contributed by atoms with Gasteiger partial charge in [-0.15, -0.1) is 0 Å². The van der Waals surface area contributed by atoms with Gasteiger partial charge < -0.3 is 14.7 Å². The Hall–Kier alpha value is -0.610. The number of ether oxygens (including phenoxy) is 1. The molecule has 1 heterocycles. The second kappa shape index (κ2) is 3.51. The van der Waals surface area contributed by atoms with Crippen molar-refractivity contribution in [2.75, 3.05) is 19.8 Å². The monoisotopic (exact) mass is 199 g/mol. The molecule has 4 heteroatoms. The number of carbonyl (C=O) groups excluding carboxylic acids is 1. The van der Waals surface area contributed by atoms with Gasteiger partial charge >= 0.3 is 0 Å². The minimum Gasteiger partial charge on any atom is -0.396 e. The maximum Gasteiger partial charge on any atom is 0.248 e. The number of hydrogen-bond acceptors (Lipinski definition) is 3. The molecule has 0 bridgehead atoms. The number of aliphatic hydroxyl groups excluding tert-OH is 1. The van der Waals surface area contributed by atoms with E-state index in [1.54, 1.807) is 0 Å². The predicted octanol–water partition coefficient (Wildman–Crippen LogP) is 0.149. The smallest absolute Gasteiger partial charge is 0.248 e. The first-order valence-electron chi connectivity index (χ1n) is 5.19. The van der Waals surface area contributed by atoms with Crippen molar-refractivity contribution in [2.45, 2.75) is 37.8 Å². The lowest BCUT2D eigenvalue weighted by Crippen LogP contribution is -2.54. The lowest BCUT2D eigenvalue weighted by atomic mass is 10.00. The standard InChI is InChI=1S/C10H17NO3/c1-10(4-5-12)7-11(8-2-3-8)9(13)6-14-10/h8,12H,2-7H2,1H3. The highest BCUT2D eigenvalue weighted by molar-refractivity contribution is 5.79. The van der Waals surface area contributed by atoms with Crippen molar-refractivity contribution in [3.63, 3.8) is 0 Å². The highest BCUT2D eigenvalue weighted by Gasteiger charge is 2.41. The molecule has 2 aliphatic rings. The molecule has 80 valence electrons. The topological polar surface area (TPSA) is 49.8 Å². The number of aliphatic hydroxyl groups is 1. The summed E-state index contributed by atoms with van der Waals surface area (Å²) < 4.78 is 5.48. The van der Waals surface area contributed by atoms with Crippen molar-refractivity contribution in [1.82, 2.24) is 4.90 Å². The third-order valence-corrected chi connectivity index (χ3v) is 3.00. The minimum absolute atomic E-state index is 0.0999. The Morgan fingerprint density at radius 1 is 1.64 bits per heavy atom. The van der Waals surface area contributed by atoms with Crippen molar-refractivity contribution in [2.24, 2.45) is 0 Å². The zero-order valence-electron chi connectivity index (χ0n) is 8.53. The predicted molar refractivity (Wildman–Crippen MR) is 50.8 cm³/mol. The number of hydrogen-bond donors (Lipinski definition) is 1. The zero-order valence-corrected chi connectivity index (χ0v) is 8.53. The SMILES string of the molecule is CC1(CCO)CN(C2CC2)C(=O)CO1. The minimum atomic E-state index is -0.342. The number of amides is 1. The van der Waals surface area contributed by atoms with E-state index in [0.29, 0.717) is 19.0 Å². The summed E-state index contributed by atoms with van der Waals surface area (Å²) in [7, 11) is 0. The van der Waals surface area contributed by atoms with E-state index in [0.717, 1.165) is 12.8 Å². The molecule has 0 aromatic heterocycles. The molecular formula is C10H17NO3. The van der Waals surface area contributed by atoms with Crippen LogP contribution in [0.5, 0.6) is 0 Å². The molecule has 0 aromatic carbocycles. The molecular weight excluding hydrogens is 182 g/mol. The largest absolute Gasteiger partial charge is 0.396 e. The van der Waals surface area contributed by atoms with Crippen molar-refractivity contribution >= 4 is 5.91 Å². The van der Waals surface area contributed by atoms with E-state index < -0.39 is 0 Å². The van der Waals surface area contributed by atoms with E-state index in [1.807, 2.05) is 11.8 Å². The fourth-order valence-electron chi connectivity index (χ4n) is 1.92. The Morgan fingerprint density at radius 2 is 2.36 bits per heavy atom. The van der Waals surface area contributed by atoms with Crippen LogP contribution in [0, 0.1) is 0 Å². The quantitative estimate of drug-likeness (QED) is 0.704. The molecule has 4 nitrogen and oxygen atoms in total. The van der Waals surface area contributed by atoms with Gasteiger partial charge in [-0.25, -0.2) is 0 Å². The summed E-state index contributed by atoms with van der Waals surface area (Å²) in [6.07, 6.45) is 2.85. The number of nitrogens with zero attached hydrogens (tertiary/aromatic N) is 1. The third kappa shape index (κ3) is 1.91. The van der Waals surface area contributed by atoms with Gasteiger partial charge in [0.25, 0.3) is 0 Å². The lowest BCUT2D eigenvalue weighted by molar-refractivity contribution is -0.164. The first-order valence-corrected chi connectivity index (χ1v) is 5.19. The van der Waals surface area contributed by atoms with Crippen molar-refractivity contribution < 1.29 is 14.6 Å². The Balaban J connectivity index is 2.00. The highest BCUT2D eigenvalue weighted by atomic mass is 16.5. The second-order valence-electron chi connectivity index (χ2n) is 4.47. The molecule has 1 saturated carbocycles. The fraction of sp³-hybridized carbons (Fsp3) is 0.900. The number of carbonyl (C=O) groups is 1. The Morgan fingerprint density at radius 3 is 2.93 bits per heavy atom. The maximum atomic E-state index is 11.5. The van der Waals surface area contributed by atoms with Gasteiger partial charge in [-0.05, 0) is 19.8 Å². The van der Waals surface area contributed by atoms with Crippen LogP contribution in [0.3, 0.4) is 0 Å². The van der Waals surface area contributed by atoms with E-state index in [-0.39, 0.29) is 24.7 Å². The van der Waals surface area contributed by atoms with E-state index in [2.05, 4.69) is 0 Å². The fourth-order valence-corrected chi connectivity index (χ4v) is 1.92. The molecule has 1 unspecified atom stereocenters. The summed E-state index contributed by atoms with van der Waals surface area (Å²) in [5.74, 6) is 0.0999. The molecule has 1 N–H and O–H groups in total. The normalized spacial score (nSPS) is 33.6. The summed E-state index contributed by atoms with van der Waals surface area (Å²) in [5, 5.41) is 8.91. The Kier molecular flexibility index (Phi) is 2.49. The van der Waals surface area contributed by atoms with E-state index in [1.165, 1.54) is 0 Å². The first-order chi connectivity index (χ1) is 6.64. The van der Waals surface area contributed by atoms with Crippen LogP contribution in [-0.4, -0.2) is 47.3 Å². The zero-order chi connectivity index (χ0) is 10.2. The van der Waals surface area contributed by atoms with Gasteiger partial charge in [0, 0.05) is 25.6 Å². The summed E-state index contributed by atoms with van der Waals surface area (Å²) in [6.45, 7) is 2.89. The van der Waals surface area contributed by atoms with E-state index in [4.69, 9.17) is 9.84 Å². The Labute approximate surface area is 83.8 Å². The molecule has 2 fully saturated rings. The lowest BCUT2D eigenvalue weighted by Gasteiger charge is -2.40. The molecule has 1 atom stereocenters. The van der Waals surface area contributed by atoms with Crippen LogP contribution >= 0.6 is 0 Å². The van der Waals surface area contributed by atoms with Crippen molar-refractivity contribution in [3.05, 3.63) is 0 Å². The molecule has 1 aliphatic carbocycles. The van der Waals surface area contributed by atoms with Crippen LogP contribution in [0.2, 0.25) is 0 Å². The van der Waals surface area contributed by atoms with Gasteiger partial charge in [0.15, 0.2) is 0 Å². The van der Waals surface area contributed by atoms with E-state index >= 15 is 0 Å². The molecule has 2 rings (SSSR count). The van der Waals surface area contributed by atoms with Crippen LogP contribution in [-0.2, 0) is 9.53 Å². The van der Waals surface area contributed by atoms with Crippen LogP contribution in [0.25, 0.3) is 0 Å². The van der Waals surface area contributed by atoms with E-state index in [9.17, 15) is 4.79 Å². The number of rotatable bonds is 3. The van der Waals surface area contributed by atoms with Gasteiger partial charge in [-0.1, -0.05) is 0 Å². The van der Waals surface area contributed by atoms with Crippen molar-refractivity contribution in [1.29, 1.82) is 0 Å². The third-order valence-electron chi connectivity index (χ3n) is 3.00. The Bertz CT molecular complexity index is 240. The summed E-state index contributed by atoms with van der Waals surface area (Å²) >= 11 is 0. The number of morpholine rings is 1. The van der Waals surface area contributed by atoms with Crippen LogP contribution in [0.1, 0.15) is 26.2 Å². The van der Waals surface area contributed by atoms with Crippen LogP contribution < -0.4 is 0 Å². The van der Waals surface area contributed by atoms with Gasteiger partial charge in [-0.2, -0.15) is 0 Å². The van der Waals surface area contributed by atoms with Crippen LogP contribution in [0.15, 0.2) is 0 Å². The highest BCUT2D eigenvalue weighted by Crippen LogP contribution is 2.32. The molecule has 1 amide bonds. The molecule has 0 spiro atoms. The maximum absolute atomic E-state index is 11.5. The summed E-state index contributed by atoms with van der Waals surface area (Å²) in [4.78, 5) is 13.4. The molecule has 14 heavy (non-hydrogen) atoms. The molecule has 1 aliphatic heterocycles. The van der Waals surface area contributed by atoms with Gasteiger partial charge in [-0.3, -0.25) is 4.79 Å².